The summed E-state index contributed by atoms with van der Waals surface area (Å²) in [4.78, 5) is 10.5. The van der Waals surface area contributed by atoms with E-state index >= 15 is 0 Å². The monoisotopic (exact) mass is 216 g/mol. The molecular weight excluding hydrogens is 207 g/mol. The quantitative estimate of drug-likeness (QED) is 0.783. The van der Waals surface area contributed by atoms with Crippen LogP contribution >= 0.6 is 20.8 Å². The summed E-state index contributed by atoms with van der Waals surface area (Å²) in [6, 6.07) is 3.66. The zero-order chi connectivity index (χ0) is 9.68. The Morgan fingerprint density at radius 1 is 1.69 bits per heavy atom. The van der Waals surface area contributed by atoms with Crippen molar-refractivity contribution in [2.75, 3.05) is 13.7 Å². The maximum atomic E-state index is 10.5. The van der Waals surface area contributed by atoms with Crippen molar-refractivity contribution in [2.45, 2.75) is 0 Å². The van der Waals surface area contributed by atoms with Gasteiger partial charge in [-0.15, -0.1) is 12.6 Å². The molecule has 13 heavy (non-hydrogen) atoms. The number of thiol groups is 1. The maximum Gasteiger partial charge on any atom is 0.223 e. The summed E-state index contributed by atoms with van der Waals surface area (Å²) in [5, 5.41) is -0.298. The SMILES string of the molecule is COc1cccpc1OCC(=O)S. The molecule has 0 aliphatic rings. The van der Waals surface area contributed by atoms with Crippen molar-refractivity contribution in [3.05, 3.63) is 17.9 Å². The summed E-state index contributed by atoms with van der Waals surface area (Å²) in [7, 11) is 2.45. The van der Waals surface area contributed by atoms with E-state index in [4.69, 9.17) is 9.47 Å². The van der Waals surface area contributed by atoms with Crippen LogP contribution in [0.2, 0.25) is 0 Å². The van der Waals surface area contributed by atoms with E-state index in [0.29, 0.717) is 11.2 Å². The first-order valence-corrected chi connectivity index (χ1v) is 4.98. The van der Waals surface area contributed by atoms with Gasteiger partial charge < -0.3 is 9.47 Å². The fourth-order valence-corrected chi connectivity index (χ4v) is 1.57. The normalized spacial score (nSPS) is 10.0. The molecule has 70 valence electrons. The van der Waals surface area contributed by atoms with Crippen molar-refractivity contribution < 1.29 is 14.3 Å². The average molecular weight is 216 g/mol. The van der Waals surface area contributed by atoms with Crippen LogP contribution in [0.15, 0.2) is 17.9 Å². The molecule has 1 rings (SSSR count). The Morgan fingerprint density at radius 2 is 2.46 bits per heavy atom. The predicted octanol–water partition coefficient (Wildman–Crippen LogP) is 2.11. The molecule has 1 aromatic heterocycles. The summed E-state index contributed by atoms with van der Waals surface area (Å²) >= 11 is 3.60. The van der Waals surface area contributed by atoms with E-state index in [1.807, 2.05) is 11.9 Å². The van der Waals surface area contributed by atoms with Gasteiger partial charge in [0.2, 0.25) is 5.12 Å². The van der Waals surface area contributed by atoms with Gasteiger partial charge in [0.15, 0.2) is 17.8 Å². The van der Waals surface area contributed by atoms with Crippen molar-refractivity contribution in [1.29, 1.82) is 0 Å². The van der Waals surface area contributed by atoms with E-state index < -0.39 is 0 Å². The lowest BCUT2D eigenvalue weighted by Crippen LogP contribution is -2.04. The summed E-state index contributed by atoms with van der Waals surface area (Å²) in [5.41, 5.74) is 0.646. The van der Waals surface area contributed by atoms with Crippen molar-refractivity contribution in [3.8, 4) is 11.2 Å². The molecular formula is C8H9O3PS. The van der Waals surface area contributed by atoms with Crippen LogP contribution in [0.1, 0.15) is 0 Å². The van der Waals surface area contributed by atoms with E-state index in [1.54, 1.807) is 13.2 Å². The molecule has 1 heterocycles. The minimum atomic E-state index is -0.298. The van der Waals surface area contributed by atoms with Gasteiger partial charge in [-0.2, -0.15) is 0 Å². The van der Waals surface area contributed by atoms with Crippen LogP contribution in [0.5, 0.6) is 11.2 Å². The van der Waals surface area contributed by atoms with Crippen LogP contribution in [0, 0.1) is 0 Å². The number of hydrogen-bond donors (Lipinski definition) is 1. The highest BCUT2D eigenvalue weighted by molar-refractivity contribution is 7.96. The summed E-state index contributed by atoms with van der Waals surface area (Å²) < 4.78 is 10.2. The van der Waals surface area contributed by atoms with Gasteiger partial charge in [-0.25, -0.2) is 0 Å². The standard InChI is InChI=1S/C8H9O3PS/c1-10-6-3-2-4-12-8(6)11-5-7(9)13/h2-4H,5H2,1H3,(H,9,13). The molecule has 0 spiro atoms. The van der Waals surface area contributed by atoms with Crippen molar-refractivity contribution >= 4 is 25.9 Å². The topological polar surface area (TPSA) is 35.5 Å². The van der Waals surface area contributed by atoms with E-state index in [0.717, 1.165) is 8.19 Å². The molecule has 0 radical (unpaired) electrons. The molecule has 0 N–H and O–H groups in total. The van der Waals surface area contributed by atoms with E-state index in [1.165, 1.54) is 0 Å². The van der Waals surface area contributed by atoms with Crippen LogP contribution in [-0.4, -0.2) is 18.8 Å². The molecule has 0 amide bonds. The first-order chi connectivity index (χ1) is 6.24. The molecule has 0 fully saturated rings. The van der Waals surface area contributed by atoms with Crippen LogP contribution < -0.4 is 9.47 Å². The van der Waals surface area contributed by atoms with Gasteiger partial charge in [-0.1, -0.05) is 6.07 Å². The molecule has 0 aliphatic carbocycles. The minimum absolute atomic E-state index is 0.0278. The number of ether oxygens (including phenoxy) is 2. The lowest BCUT2D eigenvalue weighted by atomic mass is 10.5. The average Bonchev–Trinajstić information content (AvgIpc) is 2.15. The molecule has 0 saturated carbocycles. The molecule has 0 bridgehead atoms. The van der Waals surface area contributed by atoms with Crippen LogP contribution in [0.3, 0.4) is 0 Å². The molecule has 0 atom stereocenters. The van der Waals surface area contributed by atoms with Crippen molar-refractivity contribution in [1.82, 2.24) is 0 Å². The maximum absolute atomic E-state index is 10.5. The van der Waals surface area contributed by atoms with Gasteiger partial charge in [0.1, 0.15) is 0 Å². The third kappa shape index (κ3) is 3.25. The number of hydrogen-bond acceptors (Lipinski definition) is 3. The number of carbonyl (C=O) groups is 1. The number of methoxy groups -OCH3 is 1. The second-order valence-electron chi connectivity index (χ2n) is 2.19. The first kappa shape index (κ1) is 10.4. The molecule has 0 aliphatic heterocycles. The first-order valence-electron chi connectivity index (χ1n) is 3.57. The van der Waals surface area contributed by atoms with Crippen LogP contribution in [0.25, 0.3) is 0 Å². The van der Waals surface area contributed by atoms with Gasteiger partial charge in [0, 0.05) is 0 Å². The Kier molecular flexibility index (Phi) is 4.06. The predicted molar refractivity (Wildman–Crippen MR) is 55.0 cm³/mol. The van der Waals surface area contributed by atoms with E-state index in [2.05, 4.69) is 12.6 Å². The molecule has 1 aromatic rings. The lowest BCUT2D eigenvalue weighted by molar-refractivity contribution is -0.112. The summed E-state index contributed by atoms with van der Waals surface area (Å²) in [6.45, 7) is -0.0278. The summed E-state index contributed by atoms with van der Waals surface area (Å²) in [6.07, 6.45) is 0. The highest BCUT2D eigenvalue weighted by Gasteiger charge is 2.03. The third-order valence-corrected chi connectivity index (χ3v) is 2.32. The Balaban J connectivity index is 2.69. The molecule has 0 aromatic carbocycles. The van der Waals surface area contributed by atoms with Gasteiger partial charge in [-0.05, 0) is 20.1 Å². The molecule has 0 saturated heterocycles. The minimum Gasteiger partial charge on any atom is -0.492 e. The zero-order valence-electron chi connectivity index (χ0n) is 7.06. The smallest absolute Gasteiger partial charge is 0.223 e. The van der Waals surface area contributed by atoms with Gasteiger partial charge in [0.05, 0.1) is 7.11 Å². The van der Waals surface area contributed by atoms with Crippen LogP contribution in [-0.2, 0) is 4.79 Å². The van der Waals surface area contributed by atoms with Gasteiger partial charge >= 0.3 is 0 Å². The van der Waals surface area contributed by atoms with Gasteiger partial charge in [-0.3, -0.25) is 4.79 Å². The summed E-state index contributed by atoms with van der Waals surface area (Å²) in [5.74, 6) is 2.56. The third-order valence-electron chi connectivity index (χ3n) is 1.29. The second kappa shape index (κ2) is 5.10. The Labute approximate surface area is 83.6 Å². The fraction of sp³-hybridized carbons (Fsp3) is 0.250. The van der Waals surface area contributed by atoms with Gasteiger partial charge in [0.25, 0.3) is 0 Å². The molecule has 0 unspecified atom stereocenters. The Hall–Kier alpha value is -0.730. The van der Waals surface area contributed by atoms with Crippen molar-refractivity contribution in [2.24, 2.45) is 0 Å². The second-order valence-corrected chi connectivity index (χ2v) is 3.65. The van der Waals surface area contributed by atoms with E-state index in [-0.39, 0.29) is 11.7 Å². The Bertz CT molecular complexity index is 303. The number of rotatable bonds is 4. The Morgan fingerprint density at radius 3 is 3.08 bits per heavy atom. The fourth-order valence-electron chi connectivity index (χ4n) is 0.770. The van der Waals surface area contributed by atoms with E-state index in [9.17, 15) is 4.79 Å². The largest absolute Gasteiger partial charge is 0.492 e. The molecule has 3 nitrogen and oxygen atoms in total. The highest BCUT2D eigenvalue weighted by atomic mass is 32.1. The lowest BCUT2D eigenvalue weighted by Gasteiger charge is -2.07. The zero-order valence-corrected chi connectivity index (χ0v) is 8.85. The number of carbonyl (C=O) groups excluding carboxylic acids is 1. The van der Waals surface area contributed by atoms with Crippen molar-refractivity contribution in [3.63, 3.8) is 0 Å². The highest BCUT2D eigenvalue weighted by Crippen LogP contribution is 2.34. The molecule has 5 heteroatoms. The van der Waals surface area contributed by atoms with Crippen LogP contribution in [0.4, 0.5) is 0 Å².